The lowest BCUT2D eigenvalue weighted by Crippen LogP contribution is -2.35. The average molecular weight is 584 g/mol. The molecule has 6 rings (SSSR count). The van der Waals surface area contributed by atoms with E-state index in [0.29, 0.717) is 23.4 Å². The Morgan fingerprint density at radius 1 is 1.05 bits per heavy atom. The molecule has 0 aliphatic carbocycles. The van der Waals surface area contributed by atoms with Gasteiger partial charge in [0, 0.05) is 32.7 Å². The number of amidine groups is 2. The number of carbonyl (C=O) groups excluding carboxylic acids is 1. The van der Waals surface area contributed by atoms with Crippen molar-refractivity contribution >= 4 is 66.6 Å². The minimum absolute atomic E-state index is 0.0185. The number of ether oxygens (including phenoxy) is 1. The lowest BCUT2D eigenvalue weighted by atomic mass is 10.1. The molecule has 0 bridgehead atoms. The Balaban J connectivity index is 1.27. The van der Waals surface area contributed by atoms with Gasteiger partial charge in [-0.3, -0.25) is 10.2 Å². The summed E-state index contributed by atoms with van der Waals surface area (Å²) in [7, 11) is 0. The van der Waals surface area contributed by atoms with Gasteiger partial charge in [-0.25, -0.2) is 0 Å². The van der Waals surface area contributed by atoms with Crippen molar-refractivity contribution in [3.8, 4) is 5.75 Å². The fourth-order valence-corrected chi connectivity index (χ4v) is 5.49. The molecule has 0 spiro atoms. The number of nitrogens with zero attached hydrogens (tertiary/aromatic N) is 4. The molecule has 2 aliphatic heterocycles. The summed E-state index contributed by atoms with van der Waals surface area (Å²) < 4.78 is 9.03. The quantitative estimate of drug-likeness (QED) is 0.264. The molecule has 9 heteroatoms. The first-order chi connectivity index (χ1) is 18.5. The van der Waals surface area contributed by atoms with Crippen LogP contribution in [0.5, 0.6) is 5.75 Å². The van der Waals surface area contributed by atoms with Gasteiger partial charge >= 0.3 is 0 Å². The van der Waals surface area contributed by atoms with Crippen LogP contribution in [0.15, 0.2) is 99.1 Å². The van der Waals surface area contributed by atoms with Crippen LogP contribution in [-0.4, -0.2) is 38.1 Å². The number of aliphatic imine (C=N–C) groups is 1. The number of nitrogens with one attached hydrogen (secondary N) is 1. The molecule has 1 aromatic heterocycles. The lowest BCUT2D eigenvalue weighted by molar-refractivity contribution is -0.114. The van der Waals surface area contributed by atoms with Crippen LogP contribution < -0.4 is 4.74 Å². The number of aryl methyl sites for hydroxylation is 1. The minimum atomic E-state index is -0.440. The number of rotatable bonds is 6. The van der Waals surface area contributed by atoms with E-state index in [9.17, 15) is 4.79 Å². The predicted octanol–water partition coefficient (Wildman–Crippen LogP) is 6.46. The van der Waals surface area contributed by atoms with Crippen LogP contribution in [0.3, 0.4) is 0 Å². The van der Waals surface area contributed by atoms with Crippen molar-refractivity contribution in [2.24, 2.45) is 10.1 Å². The molecule has 0 radical (unpaired) electrons. The van der Waals surface area contributed by atoms with Crippen LogP contribution in [0, 0.1) is 12.3 Å². The van der Waals surface area contributed by atoms with Crippen LogP contribution >= 0.6 is 27.7 Å². The van der Waals surface area contributed by atoms with Gasteiger partial charge in [0.15, 0.2) is 5.84 Å². The van der Waals surface area contributed by atoms with E-state index in [1.807, 2.05) is 85.9 Å². The fraction of sp³-hybridized carbons (Fsp3) is 0.103. The molecule has 0 fully saturated rings. The normalized spacial score (nSPS) is 16.2. The number of carbonyl (C=O) groups is 1. The van der Waals surface area contributed by atoms with Gasteiger partial charge in [-0.15, -0.1) is 0 Å². The summed E-state index contributed by atoms with van der Waals surface area (Å²) in [6.07, 6.45) is 3.73. The molecular weight excluding hydrogens is 562 g/mol. The van der Waals surface area contributed by atoms with Crippen molar-refractivity contribution in [3.63, 3.8) is 0 Å². The Kier molecular flexibility index (Phi) is 6.47. The molecule has 0 saturated carbocycles. The highest BCUT2D eigenvalue weighted by atomic mass is 79.9. The van der Waals surface area contributed by atoms with Crippen LogP contribution in [0.2, 0.25) is 0 Å². The Bertz CT molecular complexity index is 1670. The number of amides is 1. The van der Waals surface area contributed by atoms with Gasteiger partial charge in [-0.1, -0.05) is 64.0 Å². The Morgan fingerprint density at radius 3 is 2.61 bits per heavy atom. The molecule has 3 aromatic carbocycles. The zero-order valence-electron chi connectivity index (χ0n) is 20.4. The van der Waals surface area contributed by atoms with Gasteiger partial charge in [-0.2, -0.15) is 15.1 Å². The van der Waals surface area contributed by atoms with E-state index in [4.69, 9.17) is 10.1 Å². The van der Waals surface area contributed by atoms with Gasteiger partial charge in [-0.05, 0) is 55.1 Å². The number of hydrogen-bond acceptors (Lipinski definition) is 5. The van der Waals surface area contributed by atoms with Gasteiger partial charge in [0.1, 0.15) is 17.4 Å². The monoisotopic (exact) mass is 583 g/mol. The largest absolute Gasteiger partial charge is 0.492 e. The SMILES string of the molecule is Cc1ccc(C2=NN3C(=N)/C(=C/c4cn(CCOc5ccc(Br)cc5)c5ccccc45)C(=O)N=C3S2)cc1. The third kappa shape index (κ3) is 4.70. The highest BCUT2D eigenvalue weighted by Gasteiger charge is 2.36. The lowest BCUT2D eigenvalue weighted by Gasteiger charge is -2.20. The summed E-state index contributed by atoms with van der Waals surface area (Å²) in [4.78, 5) is 17.3. The van der Waals surface area contributed by atoms with Crippen LogP contribution in [0.1, 0.15) is 16.7 Å². The van der Waals surface area contributed by atoms with E-state index in [1.165, 1.54) is 16.8 Å². The van der Waals surface area contributed by atoms with Gasteiger partial charge in [0.2, 0.25) is 5.17 Å². The van der Waals surface area contributed by atoms with E-state index in [0.717, 1.165) is 37.8 Å². The maximum atomic E-state index is 13.0. The van der Waals surface area contributed by atoms with Crippen LogP contribution in [0.4, 0.5) is 0 Å². The zero-order valence-corrected chi connectivity index (χ0v) is 22.8. The second-order valence-corrected chi connectivity index (χ2v) is 10.8. The second kappa shape index (κ2) is 10.1. The maximum absolute atomic E-state index is 13.0. The van der Waals surface area contributed by atoms with Crippen molar-refractivity contribution < 1.29 is 9.53 Å². The number of hydrogen-bond donors (Lipinski definition) is 1. The third-order valence-corrected chi connectivity index (χ3v) is 7.77. The van der Waals surface area contributed by atoms with E-state index in [2.05, 4.69) is 30.6 Å². The smallest absolute Gasteiger partial charge is 0.283 e. The van der Waals surface area contributed by atoms with Gasteiger partial charge < -0.3 is 9.30 Å². The summed E-state index contributed by atoms with van der Waals surface area (Å²) in [5.41, 5.74) is 4.15. The number of halogens is 1. The van der Waals surface area contributed by atoms with Crippen molar-refractivity contribution in [2.45, 2.75) is 13.5 Å². The molecule has 38 heavy (non-hydrogen) atoms. The number of para-hydroxylation sites is 1. The molecule has 2 aliphatic rings. The molecule has 7 nitrogen and oxygen atoms in total. The Hall–Kier alpha value is -3.95. The highest BCUT2D eigenvalue weighted by Crippen LogP contribution is 2.32. The highest BCUT2D eigenvalue weighted by molar-refractivity contribution is 9.10. The minimum Gasteiger partial charge on any atom is -0.492 e. The zero-order chi connectivity index (χ0) is 26.2. The molecule has 188 valence electrons. The molecule has 1 amide bonds. The summed E-state index contributed by atoms with van der Waals surface area (Å²) in [5, 5.41) is 16.9. The van der Waals surface area contributed by atoms with Crippen LogP contribution in [-0.2, 0) is 11.3 Å². The molecule has 3 heterocycles. The molecular formula is C29H22BrN5O2S. The van der Waals surface area contributed by atoms with Crippen molar-refractivity contribution in [1.29, 1.82) is 5.41 Å². The number of thioether (sulfide) groups is 1. The number of hydrazone groups is 1. The summed E-state index contributed by atoms with van der Waals surface area (Å²) in [5.74, 6) is 0.380. The van der Waals surface area contributed by atoms with E-state index < -0.39 is 5.91 Å². The Morgan fingerprint density at radius 2 is 1.82 bits per heavy atom. The molecule has 4 aromatic rings. The topological polar surface area (TPSA) is 83.0 Å². The van der Waals surface area contributed by atoms with E-state index >= 15 is 0 Å². The van der Waals surface area contributed by atoms with Gasteiger partial charge in [0.05, 0.1) is 12.1 Å². The second-order valence-electron chi connectivity index (χ2n) is 8.89. The summed E-state index contributed by atoms with van der Waals surface area (Å²) in [6, 6.07) is 23.7. The number of benzene rings is 3. The van der Waals surface area contributed by atoms with Crippen molar-refractivity contribution in [2.75, 3.05) is 6.61 Å². The third-order valence-electron chi connectivity index (χ3n) is 6.29. The maximum Gasteiger partial charge on any atom is 0.283 e. The first-order valence-corrected chi connectivity index (χ1v) is 13.6. The number of fused-ring (bicyclic) bond motifs is 2. The fourth-order valence-electron chi connectivity index (χ4n) is 4.33. The predicted molar refractivity (Wildman–Crippen MR) is 157 cm³/mol. The number of aromatic nitrogens is 1. The molecule has 0 saturated heterocycles. The van der Waals surface area contributed by atoms with Crippen molar-refractivity contribution in [3.05, 3.63) is 106 Å². The molecule has 0 unspecified atom stereocenters. The summed E-state index contributed by atoms with van der Waals surface area (Å²) in [6.45, 7) is 3.14. The van der Waals surface area contributed by atoms with Crippen LogP contribution in [0.25, 0.3) is 17.0 Å². The molecule has 1 N–H and O–H groups in total. The standard InChI is InChI=1S/C29H22BrN5O2S/c1-18-6-8-19(9-7-18)28-33-35-26(31)24(27(36)32-29(35)38-28)16-20-17-34(25-5-3-2-4-23(20)25)14-15-37-22-12-10-21(30)11-13-22/h2-13,16-17,31H,14-15H2,1H3/b24-16-,31-26?. The van der Waals surface area contributed by atoms with Crippen molar-refractivity contribution in [1.82, 2.24) is 9.58 Å². The first kappa shape index (κ1) is 24.4. The van der Waals surface area contributed by atoms with Gasteiger partial charge in [0.25, 0.3) is 5.91 Å². The van der Waals surface area contributed by atoms with E-state index in [-0.39, 0.29) is 11.4 Å². The summed E-state index contributed by atoms with van der Waals surface area (Å²) >= 11 is 4.74. The van der Waals surface area contributed by atoms with E-state index in [1.54, 1.807) is 6.08 Å². The first-order valence-electron chi connectivity index (χ1n) is 12.0. The average Bonchev–Trinajstić information content (AvgIpc) is 3.50. The molecule has 0 atom stereocenters. The Labute approximate surface area is 232 Å².